The number of nitrogens with one attached hydrogen (secondary N) is 2. The number of aromatic hydroxyl groups is 1. The summed E-state index contributed by atoms with van der Waals surface area (Å²) in [5, 5.41) is 14.9. The van der Waals surface area contributed by atoms with E-state index in [1.54, 1.807) is 19.2 Å². The Balaban J connectivity index is 2.06. The summed E-state index contributed by atoms with van der Waals surface area (Å²) in [5.41, 5.74) is 0. The highest BCUT2D eigenvalue weighted by Gasteiger charge is 2.01. The predicted octanol–water partition coefficient (Wildman–Crippen LogP) is 0.123. The van der Waals surface area contributed by atoms with E-state index in [0.717, 1.165) is 6.54 Å². The topological polar surface area (TPSA) is 79.8 Å². The molecule has 0 aliphatic heterocycles. The van der Waals surface area contributed by atoms with Gasteiger partial charge >= 0.3 is 0 Å². The molecular formula is C13H20N2O4. The second kappa shape index (κ2) is 9.18. The fraction of sp³-hybridized carbons (Fsp3) is 0.462. The minimum absolute atomic E-state index is 0.0388. The molecule has 1 rings (SSSR count). The summed E-state index contributed by atoms with van der Waals surface area (Å²) in [4.78, 5) is 11.4. The molecule has 106 valence electrons. The van der Waals surface area contributed by atoms with E-state index >= 15 is 0 Å². The largest absolute Gasteiger partial charge is 0.508 e. The molecule has 0 aliphatic carbocycles. The monoisotopic (exact) mass is 268 g/mol. The standard InChI is InChI=1S/C13H20N2O4/c1-18-9-8-14-6-7-15-13(17)10-19-12-4-2-11(16)3-5-12/h2-5,14,16H,6-10H2,1H3,(H,15,17). The quantitative estimate of drug-likeness (QED) is 0.554. The molecular weight excluding hydrogens is 248 g/mol. The number of phenolic OH excluding ortho intramolecular Hbond substituents is 1. The Bertz CT molecular complexity index is 367. The van der Waals surface area contributed by atoms with E-state index in [1.165, 1.54) is 12.1 Å². The van der Waals surface area contributed by atoms with Gasteiger partial charge in [-0.2, -0.15) is 0 Å². The van der Waals surface area contributed by atoms with Crippen molar-refractivity contribution in [1.82, 2.24) is 10.6 Å². The number of ether oxygens (including phenoxy) is 2. The number of benzene rings is 1. The number of hydrogen-bond acceptors (Lipinski definition) is 5. The summed E-state index contributed by atoms with van der Waals surface area (Å²) < 4.78 is 10.1. The van der Waals surface area contributed by atoms with Crippen LogP contribution in [0.25, 0.3) is 0 Å². The van der Waals surface area contributed by atoms with Gasteiger partial charge in [-0.15, -0.1) is 0 Å². The van der Waals surface area contributed by atoms with Crippen LogP contribution in [0.1, 0.15) is 0 Å². The number of carbonyl (C=O) groups excluding carboxylic acids is 1. The van der Waals surface area contributed by atoms with Gasteiger partial charge in [-0.3, -0.25) is 4.79 Å². The summed E-state index contributed by atoms with van der Waals surface area (Å²) in [6.07, 6.45) is 0. The lowest BCUT2D eigenvalue weighted by Gasteiger charge is -2.08. The molecule has 0 radical (unpaired) electrons. The fourth-order valence-electron chi connectivity index (χ4n) is 1.33. The van der Waals surface area contributed by atoms with Crippen LogP contribution in [0.2, 0.25) is 0 Å². The molecule has 0 saturated carbocycles. The zero-order valence-corrected chi connectivity index (χ0v) is 11.0. The third kappa shape index (κ3) is 7.28. The summed E-state index contributed by atoms with van der Waals surface area (Å²) in [7, 11) is 1.64. The Kier molecular flexibility index (Phi) is 7.38. The van der Waals surface area contributed by atoms with Gasteiger partial charge in [-0.05, 0) is 24.3 Å². The first-order chi connectivity index (χ1) is 9.22. The molecule has 0 aromatic heterocycles. The van der Waals surface area contributed by atoms with E-state index in [1.807, 2.05) is 0 Å². The van der Waals surface area contributed by atoms with Crippen LogP contribution in [0, 0.1) is 0 Å². The average molecular weight is 268 g/mol. The van der Waals surface area contributed by atoms with Crippen molar-refractivity contribution >= 4 is 5.91 Å². The molecule has 6 nitrogen and oxygen atoms in total. The first-order valence-corrected chi connectivity index (χ1v) is 6.10. The summed E-state index contributed by atoms with van der Waals surface area (Å²) in [6, 6.07) is 6.23. The van der Waals surface area contributed by atoms with Crippen LogP contribution in [-0.2, 0) is 9.53 Å². The van der Waals surface area contributed by atoms with Gasteiger partial charge in [0, 0.05) is 26.7 Å². The summed E-state index contributed by atoms with van der Waals surface area (Å²) in [5.74, 6) is 0.534. The molecule has 0 heterocycles. The van der Waals surface area contributed by atoms with Crippen LogP contribution < -0.4 is 15.4 Å². The number of phenols is 1. The first kappa shape index (κ1) is 15.3. The Hall–Kier alpha value is -1.79. The Morgan fingerprint density at radius 3 is 2.63 bits per heavy atom. The molecule has 1 aromatic carbocycles. The summed E-state index contributed by atoms with van der Waals surface area (Å²) >= 11 is 0. The lowest BCUT2D eigenvalue weighted by atomic mass is 10.3. The Morgan fingerprint density at radius 2 is 1.95 bits per heavy atom. The zero-order chi connectivity index (χ0) is 13.9. The molecule has 0 spiro atoms. The Morgan fingerprint density at radius 1 is 1.21 bits per heavy atom. The number of methoxy groups -OCH3 is 1. The highest BCUT2D eigenvalue weighted by atomic mass is 16.5. The van der Waals surface area contributed by atoms with Crippen molar-refractivity contribution in [2.24, 2.45) is 0 Å². The molecule has 1 aromatic rings. The van der Waals surface area contributed by atoms with Crippen LogP contribution >= 0.6 is 0 Å². The fourth-order valence-corrected chi connectivity index (χ4v) is 1.33. The van der Waals surface area contributed by atoms with Gasteiger partial charge in [0.1, 0.15) is 11.5 Å². The molecule has 0 bridgehead atoms. The number of rotatable bonds is 9. The maximum atomic E-state index is 11.4. The molecule has 0 unspecified atom stereocenters. The van der Waals surface area contributed by atoms with Crippen molar-refractivity contribution in [3.05, 3.63) is 24.3 Å². The molecule has 1 amide bonds. The van der Waals surface area contributed by atoms with E-state index in [9.17, 15) is 4.79 Å². The third-order valence-corrected chi connectivity index (χ3v) is 2.31. The van der Waals surface area contributed by atoms with E-state index in [-0.39, 0.29) is 18.3 Å². The smallest absolute Gasteiger partial charge is 0.257 e. The normalized spacial score (nSPS) is 10.2. The van der Waals surface area contributed by atoms with Gasteiger partial charge in [-0.1, -0.05) is 0 Å². The van der Waals surface area contributed by atoms with Gasteiger partial charge in [0.2, 0.25) is 0 Å². The van der Waals surface area contributed by atoms with Gasteiger partial charge < -0.3 is 25.2 Å². The average Bonchev–Trinajstić information content (AvgIpc) is 2.42. The Labute approximate surface area is 112 Å². The zero-order valence-electron chi connectivity index (χ0n) is 11.0. The number of hydrogen-bond donors (Lipinski definition) is 3. The van der Waals surface area contributed by atoms with Crippen molar-refractivity contribution in [2.75, 3.05) is 40.0 Å². The summed E-state index contributed by atoms with van der Waals surface area (Å²) in [6.45, 7) is 2.60. The van der Waals surface area contributed by atoms with E-state index in [4.69, 9.17) is 14.6 Å². The molecule has 0 fully saturated rings. The second-order valence-corrected chi connectivity index (χ2v) is 3.88. The lowest BCUT2D eigenvalue weighted by Crippen LogP contribution is -2.35. The van der Waals surface area contributed by atoms with Crippen molar-refractivity contribution in [3.8, 4) is 11.5 Å². The van der Waals surface area contributed by atoms with Crippen molar-refractivity contribution in [3.63, 3.8) is 0 Å². The lowest BCUT2D eigenvalue weighted by molar-refractivity contribution is -0.123. The number of amides is 1. The van der Waals surface area contributed by atoms with Crippen molar-refractivity contribution < 1.29 is 19.4 Å². The first-order valence-electron chi connectivity index (χ1n) is 6.10. The molecule has 6 heteroatoms. The third-order valence-electron chi connectivity index (χ3n) is 2.31. The molecule has 0 saturated heterocycles. The molecule has 3 N–H and O–H groups in total. The van der Waals surface area contributed by atoms with Crippen LogP contribution in [0.5, 0.6) is 11.5 Å². The van der Waals surface area contributed by atoms with Gasteiger partial charge in [0.15, 0.2) is 6.61 Å². The van der Waals surface area contributed by atoms with Crippen LogP contribution in [0.4, 0.5) is 0 Å². The van der Waals surface area contributed by atoms with Gasteiger partial charge in [0.25, 0.3) is 5.91 Å². The van der Waals surface area contributed by atoms with E-state index in [2.05, 4.69) is 10.6 Å². The highest BCUT2D eigenvalue weighted by Crippen LogP contribution is 2.15. The predicted molar refractivity (Wildman–Crippen MR) is 71.4 cm³/mol. The molecule has 0 aliphatic rings. The van der Waals surface area contributed by atoms with Crippen LogP contribution in [0.15, 0.2) is 24.3 Å². The SMILES string of the molecule is COCCNCCNC(=O)COc1ccc(O)cc1. The minimum Gasteiger partial charge on any atom is -0.508 e. The van der Waals surface area contributed by atoms with E-state index in [0.29, 0.717) is 25.4 Å². The maximum Gasteiger partial charge on any atom is 0.257 e. The van der Waals surface area contributed by atoms with Crippen molar-refractivity contribution in [2.45, 2.75) is 0 Å². The number of carbonyl (C=O) groups is 1. The molecule has 0 atom stereocenters. The maximum absolute atomic E-state index is 11.4. The van der Waals surface area contributed by atoms with Gasteiger partial charge in [-0.25, -0.2) is 0 Å². The molecule has 19 heavy (non-hydrogen) atoms. The van der Waals surface area contributed by atoms with Gasteiger partial charge in [0.05, 0.1) is 6.61 Å². The van der Waals surface area contributed by atoms with Crippen LogP contribution in [0.3, 0.4) is 0 Å². The second-order valence-electron chi connectivity index (χ2n) is 3.88. The van der Waals surface area contributed by atoms with Crippen molar-refractivity contribution in [1.29, 1.82) is 0 Å². The highest BCUT2D eigenvalue weighted by molar-refractivity contribution is 5.77. The van der Waals surface area contributed by atoms with E-state index < -0.39 is 0 Å². The van der Waals surface area contributed by atoms with Crippen LogP contribution in [-0.4, -0.2) is 51.0 Å². The minimum atomic E-state index is -0.179.